The number of carbonyl (C=O) groups is 2. The van der Waals surface area contributed by atoms with Crippen LogP contribution in [0.25, 0.3) is 0 Å². The lowest BCUT2D eigenvalue weighted by molar-refractivity contribution is -0.137. The largest absolute Gasteiger partial charge is 0.481 e. The molecule has 1 unspecified atom stereocenters. The number of hydrogen-bond donors (Lipinski definition) is 3. The fourth-order valence-electron chi connectivity index (χ4n) is 2.38. The highest BCUT2D eigenvalue weighted by Gasteiger charge is 2.27. The number of carbonyl (C=O) groups excluding carboxylic acids is 1. The van der Waals surface area contributed by atoms with Crippen LogP contribution in [0.1, 0.15) is 39.0 Å². The number of nitrogens with one attached hydrogen (secondary N) is 1. The highest BCUT2D eigenvalue weighted by molar-refractivity contribution is 5.76. The van der Waals surface area contributed by atoms with E-state index in [0.29, 0.717) is 6.54 Å². The summed E-state index contributed by atoms with van der Waals surface area (Å²) in [6.07, 6.45) is 4.03. The van der Waals surface area contributed by atoms with Crippen molar-refractivity contribution in [3.05, 3.63) is 0 Å². The van der Waals surface area contributed by atoms with E-state index in [2.05, 4.69) is 5.32 Å². The van der Waals surface area contributed by atoms with Crippen molar-refractivity contribution >= 4 is 12.0 Å². The van der Waals surface area contributed by atoms with E-state index in [0.717, 1.165) is 25.7 Å². The number of urea groups is 1. The zero-order chi connectivity index (χ0) is 13.5. The van der Waals surface area contributed by atoms with Crippen molar-refractivity contribution in [2.75, 3.05) is 13.2 Å². The molecular weight excluding hydrogens is 236 g/mol. The number of nitrogens with zero attached hydrogens (tertiary/aromatic N) is 1. The first-order valence-corrected chi connectivity index (χ1v) is 6.44. The first kappa shape index (κ1) is 14.8. The van der Waals surface area contributed by atoms with Gasteiger partial charge in [-0.05, 0) is 19.8 Å². The first-order valence-electron chi connectivity index (χ1n) is 6.44. The number of aliphatic hydroxyl groups excluding tert-OH is 1. The first-order chi connectivity index (χ1) is 8.54. The number of carboxylic acid groups (broad SMARTS) is 1. The van der Waals surface area contributed by atoms with Gasteiger partial charge in [-0.15, -0.1) is 0 Å². The van der Waals surface area contributed by atoms with Gasteiger partial charge in [0.25, 0.3) is 0 Å². The Hall–Kier alpha value is -1.30. The van der Waals surface area contributed by atoms with Gasteiger partial charge in [-0.2, -0.15) is 0 Å². The molecule has 0 aromatic heterocycles. The molecule has 0 spiro atoms. The van der Waals surface area contributed by atoms with E-state index in [1.165, 1.54) is 0 Å². The molecule has 2 amide bonds. The van der Waals surface area contributed by atoms with Crippen molar-refractivity contribution in [3.63, 3.8) is 0 Å². The monoisotopic (exact) mass is 258 g/mol. The van der Waals surface area contributed by atoms with Gasteiger partial charge < -0.3 is 20.4 Å². The normalized spacial score (nSPS) is 17.4. The van der Waals surface area contributed by atoms with Gasteiger partial charge in [0.15, 0.2) is 0 Å². The molecule has 1 fully saturated rings. The average Bonchev–Trinajstić information content (AvgIpc) is 2.77. The standard InChI is InChI=1S/C12H22N2O4/c1-9(8-11(16)17)13-12(18)14(6-7-15)10-4-2-3-5-10/h9-10,15H,2-8H2,1H3,(H,13,18)(H,16,17). The Labute approximate surface area is 107 Å². The van der Waals surface area contributed by atoms with Crippen LogP contribution in [0.2, 0.25) is 0 Å². The van der Waals surface area contributed by atoms with E-state index >= 15 is 0 Å². The van der Waals surface area contributed by atoms with E-state index in [-0.39, 0.29) is 25.1 Å². The van der Waals surface area contributed by atoms with Crippen LogP contribution < -0.4 is 5.32 Å². The van der Waals surface area contributed by atoms with Gasteiger partial charge >= 0.3 is 12.0 Å². The molecule has 104 valence electrons. The molecule has 0 radical (unpaired) electrons. The van der Waals surface area contributed by atoms with Crippen molar-refractivity contribution in [1.29, 1.82) is 0 Å². The molecule has 1 atom stereocenters. The summed E-state index contributed by atoms with van der Waals surface area (Å²) in [6.45, 7) is 1.89. The molecule has 18 heavy (non-hydrogen) atoms. The van der Waals surface area contributed by atoms with Crippen molar-refractivity contribution in [2.45, 2.75) is 51.1 Å². The molecule has 1 rings (SSSR count). The topological polar surface area (TPSA) is 89.9 Å². The maximum Gasteiger partial charge on any atom is 0.317 e. The Balaban J connectivity index is 2.50. The van der Waals surface area contributed by atoms with E-state index in [1.54, 1.807) is 11.8 Å². The minimum atomic E-state index is -0.933. The average molecular weight is 258 g/mol. The number of rotatable bonds is 6. The molecule has 6 nitrogen and oxygen atoms in total. The SMILES string of the molecule is CC(CC(=O)O)NC(=O)N(CCO)C1CCCC1. The van der Waals surface area contributed by atoms with Crippen molar-refractivity contribution in [1.82, 2.24) is 10.2 Å². The Kier molecular flexibility index (Phi) is 5.91. The van der Waals surface area contributed by atoms with Crippen LogP contribution in [0.5, 0.6) is 0 Å². The van der Waals surface area contributed by atoms with E-state index in [9.17, 15) is 9.59 Å². The molecular formula is C12H22N2O4. The molecule has 3 N–H and O–H groups in total. The molecule has 0 bridgehead atoms. The number of aliphatic carboxylic acids is 1. The lowest BCUT2D eigenvalue weighted by atomic mass is 10.2. The summed E-state index contributed by atoms with van der Waals surface area (Å²) < 4.78 is 0. The van der Waals surface area contributed by atoms with Crippen LogP contribution in [0.15, 0.2) is 0 Å². The number of aliphatic hydroxyl groups is 1. The van der Waals surface area contributed by atoms with Crippen molar-refractivity contribution in [2.24, 2.45) is 0 Å². The lowest BCUT2D eigenvalue weighted by Crippen LogP contribution is -2.49. The summed E-state index contributed by atoms with van der Waals surface area (Å²) in [5, 5.41) is 20.3. The number of carboxylic acids is 1. The summed E-state index contributed by atoms with van der Waals surface area (Å²) in [7, 11) is 0. The molecule has 0 heterocycles. The molecule has 0 aromatic carbocycles. The van der Waals surface area contributed by atoms with Crippen LogP contribution in [0, 0.1) is 0 Å². The predicted octanol–water partition coefficient (Wildman–Crippen LogP) is 0.796. The van der Waals surface area contributed by atoms with Crippen LogP contribution in [0.4, 0.5) is 4.79 Å². The second-order valence-corrected chi connectivity index (χ2v) is 4.80. The number of amides is 2. The van der Waals surface area contributed by atoms with Crippen molar-refractivity contribution in [3.8, 4) is 0 Å². The Morgan fingerprint density at radius 1 is 1.39 bits per heavy atom. The minimum absolute atomic E-state index is 0.0722. The highest BCUT2D eigenvalue weighted by Crippen LogP contribution is 2.23. The second-order valence-electron chi connectivity index (χ2n) is 4.80. The molecule has 0 aliphatic heterocycles. The van der Waals surface area contributed by atoms with Gasteiger partial charge in [0.1, 0.15) is 0 Å². The fourth-order valence-corrected chi connectivity index (χ4v) is 2.38. The zero-order valence-electron chi connectivity index (χ0n) is 10.8. The van der Waals surface area contributed by atoms with Gasteiger partial charge in [-0.1, -0.05) is 12.8 Å². The smallest absolute Gasteiger partial charge is 0.317 e. The molecule has 1 saturated carbocycles. The van der Waals surface area contributed by atoms with Gasteiger partial charge in [0, 0.05) is 18.6 Å². The molecule has 0 aromatic rings. The quantitative estimate of drug-likeness (QED) is 0.657. The maximum absolute atomic E-state index is 12.0. The van der Waals surface area contributed by atoms with Gasteiger partial charge in [0.2, 0.25) is 0 Å². The second kappa shape index (κ2) is 7.20. The number of hydrogen-bond acceptors (Lipinski definition) is 3. The molecule has 1 aliphatic rings. The van der Waals surface area contributed by atoms with Gasteiger partial charge in [0.05, 0.1) is 13.0 Å². The summed E-state index contributed by atoms with van der Waals surface area (Å²) in [5.74, 6) is -0.933. The van der Waals surface area contributed by atoms with E-state index in [1.807, 2.05) is 0 Å². The highest BCUT2D eigenvalue weighted by atomic mass is 16.4. The zero-order valence-corrected chi connectivity index (χ0v) is 10.8. The Bertz CT molecular complexity index is 290. The minimum Gasteiger partial charge on any atom is -0.481 e. The fraction of sp³-hybridized carbons (Fsp3) is 0.833. The predicted molar refractivity (Wildman–Crippen MR) is 66.3 cm³/mol. The summed E-state index contributed by atoms with van der Waals surface area (Å²) in [5.41, 5.74) is 0. The van der Waals surface area contributed by atoms with Crippen LogP contribution in [-0.4, -0.2) is 52.3 Å². The van der Waals surface area contributed by atoms with E-state index < -0.39 is 12.0 Å². The third kappa shape index (κ3) is 4.52. The lowest BCUT2D eigenvalue weighted by Gasteiger charge is -2.29. The van der Waals surface area contributed by atoms with Gasteiger partial charge in [-0.25, -0.2) is 4.79 Å². The molecule has 6 heteroatoms. The van der Waals surface area contributed by atoms with E-state index in [4.69, 9.17) is 10.2 Å². The third-order valence-corrected chi connectivity index (χ3v) is 3.22. The summed E-state index contributed by atoms with van der Waals surface area (Å²) in [6, 6.07) is -0.503. The molecule has 0 saturated heterocycles. The molecule has 1 aliphatic carbocycles. The van der Waals surface area contributed by atoms with Crippen LogP contribution in [0.3, 0.4) is 0 Å². The summed E-state index contributed by atoms with van der Waals surface area (Å²) >= 11 is 0. The van der Waals surface area contributed by atoms with Crippen molar-refractivity contribution < 1.29 is 19.8 Å². The van der Waals surface area contributed by atoms with Crippen LogP contribution in [-0.2, 0) is 4.79 Å². The Morgan fingerprint density at radius 2 is 2.00 bits per heavy atom. The maximum atomic E-state index is 12.0. The Morgan fingerprint density at radius 3 is 2.50 bits per heavy atom. The van der Waals surface area contributed by atoms with Crippen LogP contribution >= 0.6 is 0 Å². The summed E-state index contributed by atoms with van der Waals surface area (Å²) in [4.78, 5) is 24.2. The van der Waals surface area contributed by atoms with Gasteiger partial charge in [-0.3, -0.25) is 4.79 Å². The third-order valence-electron chi connectivity index (χ3n) is 3.22.